The first kappa shape index (κ1) is 20.5. The lowest BCUT2D eigenvalue weighted by atomic mass is 10.0. The number of nitrogens with two attached hydrogens (primary N) is 1. The number of nitro benzene ring substituents is 1. The standard InChI is InChI=1S/C22H23N5O4/c23-9-7-16-13-24-19-6-3-15(11-18(16)19)8-10-26-21(28)20(25-22(26)29)12-14-1-4-17(5-2-14)27(30)31/h1-6,11,13,20,24H,7-10,12,23H2,(H,25,29). The monoisotopic (exact) mass is 421 g/mol. The fourth-order valence-corrected chi connectivity index (χ4v) is 3.90. The number of aromatic amines is 1. The highest BCUT2D eigenvalue weighted by molar-refractivity contribution is 6.04. The average molecular weight is 421 g/mol. The second kappa shape index (κ2) is 8.57. The molecule has 1 aliphatic heterocycles. The van der Waals surface area contributed by atoms with Gasteiger partial charge in [-0.05, 0) is 48.2 Å². The van der Waals surface area contributed by atoms with Crippen molar-refractivity contribution >= 4 is 28.5 Å². The minimum Gasteiger partial charge on any atom is -0.361 e. The van der Waals surface area contributed by atoms with Gasteiger partial charge in [0.05, 0.1) is 4.92 Å². The number of H-pyrrole nitrogens is 1. The zero-order valence-corrected chi connectivity index (χ0v) is 16.8. The van der Waals surface area contributed by atoms with Crippen molar-refractivity contribution in [2.24, 2.45) is 5.73 Å². The zero-order valence-electron chi connectivity index (χ0n) is 16.8. The Morgan fingerprint density at radius 2 is 1.81 bits per heavy atom. The third kappa shape index (κ3) is 4.26. The number of hydrogen-bond acceptors (Lipinski definition) is 5. The molecule has 0 spiro atoms. The maximum atomic E-state index is 12.7. The Bertz CT molecular complexity index is 1140. The molecule has 9 heteroatoms. The maximum Gasteiger partial charge on any atom is 0.324 e. The zero-order chi connectivity index (χ0) is 22.0. The van der Waals surface area contributed by atoms with Crippen molar-refractivity contribution in [3.05, 3.63) is 75.5 Å². The summed E-state index contributed by atoms with van der Waals surface area (Å²) in [6, 6.07) is 11.0. The molecule has 3 amide bonds. The first-order valence-corrected chi connectivity index (χ1v) is 10.1. The van der Waals surface area contributed by atoms with Crippen molar-refractivity contribution in [2.45, 2.75) is 25.3 Å². The topological polar surface area (TPSA) is 134 Å². The van der Waals surface area contributed by atoms with Gasteiger partial charge in [0.1, 0.15) is 6.04 Å². The Morgan fingerprint density at radius 1 is 1.06 bits per heavy atom. The molecule has 1 aliphatic rings. The molecule has 1 aromatic heterocycles. The van der Waals surface area contributed by atoms with Crippen LogP contribution in [0.4, 0.5) is 10.5 Å². The van der Waals surface area contributed by atoms with Crippen LogP contribution in [0.1, 0.15) is 16.7 Å². The summed E-state index contributed by atoms with van der Waals surface area (Å²) < 4.78 is 0. The van der Waals surface area contributed by atoms with Gasteiger partial charge in [-0.25, -0.2) is 4.79 Å². The predicted octanol–water partition coefficient (Wildman–Crippen LogP) is 2.28. The van der Waals surface area contributed by atoms with Crippen LogP contribution in [0.25, 0.3) is 10.9 Å². The molecule has 0 radical (unpaired) electrons. The molecule has 4 N–H and O–H groups in total. The van der Waals surface area contributed by atoms with E-state index in [0.717, 1.165) is 34.0 Å². The molecule has 0 aliphatic carbocycles. The van der Waals surface area contributed by atoms with Crippen molar-refractivity contribution < 1.29 is 14.5 Å². The summed E-state index contributed by atoms with van der Waals surface area (Å²) in [6.07, 6.45) is 3.58. The fraction of sp³-hybridized carbons (Fsp3) is 0.273. The van der Waals surface area contributed by atoms with Crippen LogP contribution in [-0.2, 0) is 24.1 Å². The van der Waals surface area contributed by atoms with Crippen LogP contribution in [0.2, 0.25) is 0 Å². The number of aromatic nitrogens is 1. The van der Waals surface area contributed by atoms with Gasteiger partial charge in [0.2, 0.25) is 0 Å². The first-order chi connectivity index (χ1) is 15.0. The number of nitrogens with one attached hydrogen (secondary N) is 2. The highest BCUT2D eigenvalue weighted by Gasteiger charge is 2.37. The van der Waals surface area contributed by atoms with Gasteiger partial charge in [0.25, 0.3) is 11.6 Å². The Hall–Kier alpha value is -3.72. The van der Waals surface area contributed by atoms with E-state index < -0.39 is 17.0 Å². The second-order valence-corrected chi connectivity index (χ2v) is 7.60. The molecule has 4 rings (SSSR count). The van der Waals surface area contributed by atoms with E-state index in [1.54, 1.807) is 12.1 Å². The number of carbonyl (C=O) groups is 2. The third-order valence-electron chi connectivity index (χ3n) is 5.56. The van der Waals surface area contributed by atoms with E-state index in [2.05, 4.69) is 16.4 Å². The Balaban J connectivity index is 1.40. The largest absolute Gasteiger partial charge is 0.361 e. The number of nitrogens with zero attached hydrogens (tertiary/aromatic N) is 2. The number of hydrogen-bond donors (Lipinski definition) is 3. The van der Waals surface area contributed by atoms with E-state index in [0.29, 0.717) is 13.0 Å². The SMILES string of the molecule is NCCc1c[nH]c2ccc(CCN3C(=O)NC(Cc4ccc([N+](=O)[O-])cc4)C3=O)cc12. The molecule has 1 atom stereocenters. The van der Waals surface area contributed by atoms with Gasteiger partial charge >= 0.3 is 6.03 Å². The van der Waals surface area contributed by atoms with Gasteiger partial charge in [0.15, 0.2) is 0 Å². The summed E-state index contributed by atoms with van der Waals surface area (Å²) in [7, 11) is 0. The number of carbonyl (C=O) groups excluding carboxylic acids is 2. The number of rotatable bonds is 8. The molecule has 0 bridgehead atoms. The molecule has 1 saturated heterocycles. The van der Waals surface area contributed by atoms with Crippen LogP contribution in [-0.4, -0.2) is 45.9 Å². The highest BCUT2D eigenvalue weighted by atomic mass is 16.6. The molecule has 31 heavy (non-hydrogen) atoms. The fourth-order valence-electron chi connectivity index (χ4n) is 3.90. The molecule has 2 heterocycles. The smallest absolute Gasteiger partial charge is 0.324 e. The number of amides is 3. The summed E-state index contributed by atoms with van der Waals surface area (Å²) >= 11 is 0. The van der Waals surface area contributed by atoms with Crippen LogP contribution < -0.4 is 11.1 Å². The Morgan fingerprint density at radius 3 is 2.52 bits per heavy atom. The van der Waals surface area contributed by atoms with Gasteiger partial charge < -0.3 is 16.0 Å². The molecule has 3 aromatic rings. The van der Waals surface area contributed by atoms with Gasteiger partial charge in [-0.2, -0.15) is 0 Å². The number of nitro groups is 1. The lowest BCUT2D eigenvalue weighted by Gasteiger charge is -2.13. The summed E-state index contributed by atoms with van der Waals surface area (Å²) in [5.74, 6) is -0.283. The van der Waals surface area contributed by atoms with Gasteiger partial charge in [-0.3, -0.25) is 19.8 Å². The summed E-state index contributed by atoms with van der Waals surface area (Å²) in [6.45, 7) is 0.847. The molecule has 1 unspecified atom stereocenters. The number of benzene rings is 2. The van der Waals surface area contributed by atoms with Crippen molar-refractivity contribution in [1.82, 2.24) is 15.2 Å². The first-order valence-electron chi connectivity index (χ1n) is 10.1. The van der Waals surface area contributed by atoms with E-state index in [-0.39, 0.29) is 24.6 Å². The minimum absolute atomic E-state index is 0.0128. The highest BCUT2D eigenvalue weighted by Crippen LogP contribution is 2.21. The van der Waals surface area contributed by atoms with Crippen LogP contribution in [0, 0.1) is 10.1 Å². The Labute approximate surface area is 178 Å². The third-order valence-corrected chi connectivity index (χ3v) is 5.56. The summed E-state index contributed by atoms with van der Waals surface area (Å²) in [4.78, 5) is 39.8. The van der Waals surface area contributed by atoms with E-state index in [1.165, 1.54) is 17.0 Å². The predicted molar refractivity (Wildman–Crippen MR) is 116 cm³/mol. The van der Waals surface area contributed by atoms with Crippen molar-refractivity contribution in [3.63, 3.8) is 0 Å². The van der Waals surface area contributed by atoms with E-state index in [1.807, 2.05) is 18.3 Å². The Kier molecular flexibility index (Phi) is 5.68. The molecule has 2 aromatic carbocycles. The van der Waals surface area contributed by atoms with Crippen LogP contribution in [0.3, 0.4) is 0 Å². The number of fused-ring (bicyclic) bond motifs is 1. The molecule has 0 saturated carbocycles. The molecule has 1 fully saturated rings. The average Bonchev–Trinajstić information content (AvgIpc) is 3.27. The molecular formula is C22H23N5O4. The molecular weight excluding hydrogens is 398 g/mol. The van der Waals surface area contributed by atoms with E-state index >= 15 is 0 Å². The lowest BCUT2D eigenvalue weighted by molar-refractivity contribution is -0.384. The quantitative estimate of drug-likeness (QED) is 0.291. The van der Waals surface area contributed by atoms with Gasteiger partial charge in [-0.1, -0.05) is 18.2 Å². The van der Waals surface area contributed by atoms with Gasteiger partial charge in [-0.15, -0.1) is 0 Å². The molecule has 9 nitrogen and oxygen atoms in total. The van der Waals surface area contributed by atoms with Crippen molar-refractivity contribution in [2.75, 3.05) is 13.1 Å². The lowest BCUT2D eigenvalue weighted by Crippen LogP contribution is -2.33. The summed E-state index contributed by atoms with van der Waals surface area (Å²) in [5, 5.41) is 14.6. The number of imide groups is 1. The van der Waals surface area contributed by atoms with Crippen LogP contribution in [0.15, 0.2) is 48.7 Å². The second-order valence-electron chi connectivity index (χ2n) is 7.60. The van der Waals surface area contributed by atoms with Gasteiger partial charge in [0, 0.05) is 42.2 Å². The van der Waals surface area contributed by atoms with E-state index in [9.17, 15) is 19.7 Å². The summed E-state index contributed by atoms with van der Waals surface area (Å²) in [5.41, 5.74) is 9.63. The van der Waals surface area contributed by atoms with Crippen molar-refractivity contribution in [3.8, 4) is 0 Å². The normalized spacial score (nSPS) is 16.2. The maximum absolute atomic E-state index is 12.7. The van der Waals surface area contributed by atoms with E-state index in [4.69, 9.17) is 5.73 Å². The minimum atomic E-state index is -0.669. The molecule has 160 valence electrons. The van der Waals surface area contributed by atoms with Crippen LogP contribution in [0.5, 0.6) is 0 Å². The number of urea groups is 1. The van der Waals surface area contributed by atoms with Crippen molar-refractivity contribution in [1.29, 1.82) is 0 Å². The number of non-ortho nitro benzene ring substituents is 1. The van der Waals surface area contributed by atoms with Crippen LogP contribution >= 0.6 is 0 Å².